The van der Waals surface area contributed by atoms with Crippen LogP contribution >= 0.6 is 11.6 Å². The molecule has 3 fully saturated rings. The van der Waals surface area contributed by atoms with Gasteiger partial charge in [-0.1, -0.05) is 11.6 Å². The maximum Gasteiger partial charge on any atom is 0.410 e. The van der Waals surface area contributed by atoms with Gasteiger partial charge in [-0.3, -0.25) is 4.68 Å². The van der Waals surface area contributed by atoms with Gasteiger partial charge in [0.2, 0.25) is 0 Å². The Balaban J connectivity index is 1.48. The first kappa shape index (κ1) is 20.8. The smallest absolute Gasteiger partial charge is 0.410 e. The lowest BCUT2D eigenvalue weighted by atomic mass is 10.1. The number of amides is 1. The molecule has 5 rings (SSSR count). The third kappa shape index (κ3) is 3.62. The van der Waals surface area contributed by atoms with Crippen LogP contribution in [0.1, 0.15) is 65.1 Å². The summed E-state index contributed by atoms with van der Waals surface area (Å²) in [4.78, 5) is 18.5. The summed E-state index contributed by atoms with van der Waals surface area (Å²) in [5, 5.41) is 8.84. The fourth-order valence-electron chi connectivity index (χ4n) is 4.80. The largest absolute Gasteiger partial charge is 0.444 e. The maximum atomic E-state index is 15.1. The van der Waals surface area contributed by atoms with Crippen molar-refractivity contribution in [2.24, 2.45) is 11.8 Å². The second-order valence-electron chi connectivity index (χ2n) is 10.4. The Morgan fingerprint density at radius 2 is 1.90 bits per heavy atom. The number of aromatic nitrogens is 3. The number of carbonyl (C=O) groups excluding carboxylic acids is 1. The van der Waals surface area contributed by atoms with Crippen molar-refractivity contribution in [1.82, 2.24) is 19.7 Å². The molecule has 7 nitrogen and oxygen atoms in total. The van der Waals surface area contributed by atoms with E-state index < -0.39 is 11.4 Å². The molecule has 0 aromatic carbocycles. The van der Waals surface area contributed by atoms with Gasteiger partial charge in [-0.2, -0.15) is 5.10 Å². The third-order valence-electron chi connectivity index (χ3n) is 6.25. The fourth-order valence-corrected chi connectivity index (χ4v) is 4.97. The average molecular weight is 450 g/mol. The summed E-state index contributed by atoms with van der Waals surface area (Å²) < 4.78 is 22.5. The van der Waals surface area contributed by atoms with Crippen LogP contribution in [0.25, 0.3) is 10.9 Å². The van der Waals surface area contributed by atoms with Crippen LogP contribution in [0.5, 0.6) is 0 Å². The number of halogens is 2. The molecule has 2 aliphatic carbocycles. The molecule has 1 unspecified atom stereocenters. The molecule has 0 spiro atoms. The first-order chi connectivity index (χ1) is 14.5. The summed E-state index contributed by atoms with van der Waals surface area (Å²) >= 11 is 6.15. The Morgan fingerprint density at radius 1 is 1.26 bits per heavy atom. The highest BCUT2D eigenvalue weighted by atomic mass is 35.5. The number of hydrogen-bond acceptors (Lipinski definition) is 5. The predicted octanol–water partition coefficient (Wildman–Crippen LogP) is 4.96. The van der Waals surface area contributed by atoms with E-state index in [2.05, 4.69) is 10.3 Å². The number of hydrogen-bond donors (Lipinski definition) is 1. The number of anilines is 1. The Bertz CT molecular complexity index is 1050. The summed E-state index contributed by atoms with van der Waals surface area (Å²) in [6.45, 7) is 10.9. The summed E-state index contributed by atoms with van der Waals surface area (Å²) in [5.41, 5.74) is 0.823. The van der Waals surface area contributed by atoms with Crippen molar-refractivity contribution in [2.45, 2.75) is 71.1 Å². The highest BCUT2D eigenvalue weighted by Gasteiger charge is 2.59. The molecule has 3 aliphatic rings. The topological polar surface area (TPSA) is 72.3 Å². The Morgan fingerprint density at radius 3 is 2.45 bits per heavy atom. The number of piperidine rings is 1. The second-order valence-corrected chi connectivity index (χ2v) is 10.7. The van der Waals surface area contributed by atoms with Gasteiger partial charge in [0.15, 0.2) is 11.0 Å². The summed E-state index contributed by atoms with van der Waals surface area (Å²) in [7, 11) is 0. The monoisotopic (exact) mass is 449 g/mol. The molecule has 1 saturated heterocycles. The lowest BCUT2D eigenvalue weighted by Crippen LogP contribution is -2.36. The van der Waals surface area contributed by atoms with Gasteiger partial charge in [0.1, 0.15) is 16.9 Å². The number of rotatable bonds is 4. The van der Waals surface area contributed by atoms with E-state index in [-0.39, 0.29) is 29.2 Å². The molecule has 0 radical (unpaired) electrons. The Labute approximate surface area is 186 Å². The molecule has 2 aromatic heterocycles. The third-order valence-corrected chi connectivity index (χ3v) is 6.50. The Hall–Kier alpha value is -2.09. The molecule has 168 valence electrons. The summed E-state index contributed by atoms with van der Waals surface area (Å²) in [5.74, 6) is 0.897. The van der Waals surface area contributed by atoms with E-state index >= 15 is 4.39 Å². The lowest BCUT2D eigenvalue weighted by molar-refractivity contribution is 0.0271. The first-order valence-electron chi connectivity index (χ1n) is 11.1. The van der Waals surface area contributed by atoms with Crippen molar-refractivity contribution in [1.29, 1.82) is 0 Å². The van der Waals surface area contributed by atoms with Crippen LogP contribution in [-0.2, 0) is 4.74 Å². The van der Waals surface area contributed by atoms with E-state index in [9.17, 15) is 4.79 Å². The van der Waals surface area contributed by atoms with Gasteiger partial charge in [0.25, 0.3) is 0 Å². The van der Waals surface area contributed by atoms with Gasteiger partial charge >= 0.3 is 6.09 Å². The van der Waals surface area contributed by atoms with E-state index in [1.54, 1.807) is 4.90 Å². The minimum Gasteiger partial charge on any atom is -0.444 e. The van der Waals surface area contributed by atoms with E-state index in [0.29, 0.717) is 36.3 Å². The SMILES string of the molecule is CC(C)Nc1nc(Cl)c(F)c2c1c(C1[C@H]3CN(C(=O)OC(C)(C)C)C[C@@H]13)nn2C1CC1. The standard InChI is InChI=1S/C22H29ClFN5O2/c1-10(2)25-20-15-17(27-29(11-6-7-11)18(15)16(24)19(23)26-20)14-12-8-28(9-13(12)14)21(30)31-22(3,4)5/h10-14H,6-9H2,1-5H3,(H,25,26)/t12-,13+,14?. The van der Waals surface area contributed by atoms with Gasteiger partial charge in [0.05, 0.1) is 17.1 Å². The molecular weight excluding hydrogens is 421 g/mol. The number of ether oxygens (including phenoxy) is 1. The lowest BCUT2D eigenvalue weighted by Gasteiger charge is -2.25. The quantitative estimate of drug-likeness (QED) is 0.668. The number of nitrogens with zero attached hydrogens (tertiary/aromatic N) is 4. The Kier molecular flexibility index (Phi) is 4.66. The molecule has 0 bridgehead atoms. The predicted molar refractivity (Wildman–Crippen MR) is 117 cm³/mol. The van der Waals surface area contributed by atoms with Crippen LogP contribution in [0.2, 0.25) is 5.15 Å². The summed E-state index contributed by atoms with van der Waals surface area (Å²) in [6.07, 6.45) is 1.72. The molecule has 2 saturated carbocycles. The van der Waals surface area contributed by atoms with Gasteiger partial charge in [0, 0.05) is 25.0 Å². The fraction of sp³-hybridized carbons (Fsp3) is 0.682. The van der Waals surface area contributed by atoms with E-state index in [0.717, 1.165) is 23.9 Å². The van der Waals surface area contributed by atoms with Crippen LogP contribution in [0.4, 0.5) is 15.0 Å². The van der Waals surface area contributed by atoms with Crippen LogP contribution < -0.4 is 5.32 Å². The molecule has 3 heterocycles. The average Bonchev–Trinajstić information content (AvgIpc) is 3.53. The zero-order valence-electron chi connectivity index (χ0n) is 18.6. The number of likely N-dealkylation sites (tertiary alicyclic amines) is 1. The molecule has 2 aromatic rings. The van der Waals surface area contributed by atoms with Crippen LogP contribution in [0, 0.1) is 17.7 Å². The number of carbonyl (C=O) groups is 1. The normalized spacial score (nSPS) is 25.3. The zero-order valence-corrected chi connectivity index (χ0v) is 19.3. The molecule has 1 amide bonds. The van der Waals surface area contributed by atoms with Crippen molar-refractivity contribution < 1.29 is 13.9 Å². The van der Waals surface area contributed by atoms with E-state index in [4.69, 9.17) is 21.4 Å². The molecule has 1 aliphatic heterocycles. The molecule has 31 heavy (non-hydrogen) atoms. The number of pyridine rings is 1. The highest BCUT2D eigenvalue weighted by Crippen LogP contribution is 2.60. The zero-order chi connectivity index (χ0) is 22.2. The van der Waals surface area contributed by atoms with Gasteiger partial charge in [-0.25, -0.2) is 14.2 Å². The van der Waals surface area contributed by atoms with Gasteiger partial charge in [-0.05, 0) is 59.3 Å². The van der Waals surface area contributed by atoms with Crippen molar-refractivity contribution in [2.75, 3.05) is 18.4 Å². The number of nitrogens with one attached hydrogen (secondary N) is 1. The minimum absolute atomic E-state index is 0.121. The summed E-state index contributed by atoms with van der Waals surface area (Å²) in [6, 6.07) is 0.337. The molecular formula is C22H29ClFN5O2. The first-order valence-corrected chi connectivity index (χ1v) is 11.4. The van der Waals surface area contributed by atoms with Crippen molar-refractivity contribution >= 4 is 34.4 Å². The van der Waals surface area contributed by atoms with Gasteiger partial charge in [-0.15, -0.1) is 0 Å². The second kappa shape index (κ2) is 6.95. The minimum atomic E-state index is -0.512. The van der Waals surface area contributed by atoms with E-state index in [1.165, 1.54) is 0 Å². The highest BCUT2D eigenvalue weighted by molar-refractivity contribution is 6.30. The molecule has 9 heteroatoms. The molecule has 3 atom stereocenters. The van der Waals surface area contributed by atoms with Crippen LogP contribution in [-0.4, -0.2) is 50.5 Å². The van der Waals surface area contributed by atoms with Crippen molar-refractivity contribution in [3.05, 3.63) is 16.7 Å². The van der Waals surface area contributed by atoms with Crippen LogP contribution in [0.15, 0.2) is 0 Å². The van der Waals surface area contributed by atoms with Crippen molar-refractivity contribution in [3.63, 3.8) is 0 Å². The van der Waals surface area contributed by atoms with Crippen LogP contribution in [0.3, 0.4) is 0 Å². The van der Waals surface area contributed by atoms with Gasteiger partial charge < -0.3 is 15.0 Å². The molecule has 1 N–H and O–H groups in total. The van der Waals surface area contributed by atoms with E-state index in [1.807, 2.05) is 39.3 Å². The number of fused-ring (bicyclic) bond motifs is 2. The van der Waals surface area contributed by atoms with Crippen molar-refractivity contribution in [3.8, 4) is 0 Å². The maximum absolute atomic E-state index is 15.1.